The van der Waals surface area contributed by atoms with Gasteiger partial charge in [0.05, 0.1) is 15.8 Å². The summed E-state index contributed by atoms with van der Waals surface area (Å²) < 4.78 is 45.8. The standard InChI is InChI=1S/C23H18F3N3O2S/c24-23(25,26)15-4-3-5-16(14-15)28-10-12-29(13-11-28)22(30)19-9-8-18(31-19)21-27-17-6-1-2-7-20(17)32-21/h1-9,14H,10-13H2. The van der Waals surface area contributed by atoms with Crippen molar-refractivity contribution in [1.82, 2.24) is 9.88 Å². The smallest absolute Gasteiger partial charge is 0.416 e. The number of carbonyl (C=O) groups is 1. The molecule has 1 fully saturated rings. The van der Waals surface area contributed by atoms with Crippen LogP contribution in [0.2, 0.25) is 0 Å². The normalized spacial score (nSPS) is 14.8. The van der Waals surface area contributed by atoms with Crippen LogP contribution in [-0.4, -0.2) is 42.0 Å². The van der Waals surface area contributed by atoms with Gasteiger partial charge in [-0.1, -0.05) is 18.2 Å². The minimum Gasteiger partial charge on any atom is -0.448 e. The van der Waals surface area contributed by atoms with Crippen LogP contribution in [0.4, 0.5) is 18.9 Å². The largest absolute Gasteiger partial charge is 0.448 e. The Labute approximate surface area is 185 Å². The van der Waals surface area contributed by atoms with E-state index in [2.05, 4.69) is 4.98 Å². The first kappa shape index (κ1) is 20.6. The highest BCUT2D eigenvalue weighted by molar-refractivity contribution is 7.21. The van der Waals surface area contributed by atoms with E-state index in [9.17, 15) is 18.0 Å². The fourth-order valence-electron chi connectivity index (χ4n) is 3.75. The Kier molecular flexibility index (Phi) is 5.13. The Morgan fingerprint density at radius 3 is 2.50 bits per heavy atom. The molecule has 0 unspecified atom stereocenters. The predicted octanol–water partition coefficient (Wildman–Crippen LogP) is 5.54. The van der Waals surface area contributed by atoms with Crippen LogP contribution in [0, 0.1) is 0 Å². The number of nitrogens with zero attached hydrogens (tertiary/aromatic N) is 3. The van der Waals surface area contributed by atoms with E-state index in [1.807, 2.05) is 29.2 Å². The molecule has 1 aliphatic heterocycles. The van der Waals surface area contributed by atoms with Crippen LogP contribution in [0.5, 0.6) is 0 Å². The molecule has 3 heterocycles. The van der Waals surface area contributed by atoms with E-state index in [-0.39, 0.29) is 11.7 Å². The number of hydrogen-bond acceptors (Lipinski definition) is 5. The highest BCUT2D eigenvalue weighted by atomic mass is 32.1. The van der Waals surface area contributed by atoms with Gasteiger partial charge >= 0.3 is 6.18 Å². The molecule has 0 spiro atoms. The van der Waals surface area contributed by atoms with Crippen molar-refractivity contribution in [3.63, 3.8) is 0 Å². The highest BCUT2D eigenvalue weighted by Crippen LogP contribution is 2.33. The molecule has 4 aromatic rings. The average molecular weight is 457 g/mol. The van der Waals surface area contributed by atoms with E-state index in [0.29, 0.717) is 42.6 Å². The number of halogens is 3. The van der Waals surface area contributed by atoms with Gasteiger partial charge in [0.15, 0.2) is 16.5 Å². The lowest BCUT2D eigenvalue weighted by Crippen LogP contribution is -2.48. The minimum atomic E-state index is -4.38. The van der Waals surface area contributed by atoms with Crippen LogP contribution in [-0.2, 0) is 6.18 Å². The number of piperazine rings is 1. The molecule has 1 saturated heterocycles. The number of furan rings is 1. The number of rotatable bonds is 3. The lowest BCUT2D eigenvalue weighted by Gasteiger charge is -2.36. The number of hydrogen-bond donors (Lipinski definition) is 0. The van der Waals surface area contributed by atoms with Gasteiger partial charge in [-0.05, 0) is 42.5 Å². The number of thiazole rings is 1. The van der Waals surface area contributed by atoms with Crippen LogP contribution < -0.4 is 4.90 Å². The van der Waals surface area contributed by atoms with Gasteiger partial charge in [-0.25, -0.2) is 4.98 Å². The summed E-state index contributed by atoms with van der Waals surface area (Å²) in [5, 5.41) is 0.708. The molecule has 0 bridgehead atoms. The maximum absolute atomic E-state index is 13.0. The summed E-state index contributed by atoms with van der Waals surface area (Å²) in [7, 11) is 0. The molecule has 2 aromatic carbocycles. The quantitative estimate of drug-likeness (QED) is 0.406. The third-order valence-corrected chi connectivity index (χ3v) is 6.48. The number of alkyl halides is 3. The summed E-state index contributed by atoms with van der Waals surface area (Å²) in [5.41, 5.74) is 0.706. The molecule has 164 valence electrons. The van der Waals surface area contributed by atoms with Crippen molar-refractivity contribution in [2.75, 3.05) is 31.1 Å². The lowest BCUT2D eigenvalue weighted by molar-refractivity contribution is -0.137. The second kappa shape index (κ2) is 7.98. The monoisotopic (exact) mass is 457 g/mol. The zero-order chi connectivity index (χ0) is 22.3. The summed E-state index contributed by atoms with van der Waals surface area (Å²) >= 11 is 1.50. The van der Waals surface area contributed by atoms with Gasteiger partial charge in [0.1, 0.15) is 0 Å². The summed E-state index contributed by atoms with van der Waals surface area (Å²) in [6.07, 6.45) is -4.38. The number of anilines is 1. The van der Waals surface area contributed by atoms with Crippen LogP contribution in [0.25, 0.3) is 21.0 Å². The fourth-order valence-corrected chi connectivity index (χ4v) is 4.68. The Morgan fingerprint density at radius 1 is 0.969 bits per heavy atom. The van der Waals surface area contributed by atoms with Crippen molar-refractivity contribution in [2.45, 2.75) is 6.18 Å². The first-order valence-corrected chi connectivity index (χ1v) is 10.9. The molecule has 9 heteroatoms. The third-order valence-electron chi connectivity index (χ3n) is 5.43. The van der Waals surface area contributed by atoms with E-state index in [1.54, 1.807) is 23.1 Å². The number of para-hydroxylation sites is 1. The molecule has 1 aliphatic rings. The molecular weight excluding hydrogens is 439 g/mol. The van der Waals surface area contributed by atoms with Crippen LogP contribution in [0.15, 0.2) is 65.1 Å². The Hall–Kier alpha value is -3.33. The molecule has 0 saturated carbocycles. The third kappa shape index (κ3) is 3.95. The van der Waals surface area contributed by atoms with Crippen LogP contribution in [0.1, 0.15) is 16.1 Å². The minimum absolute atomic E-state index is 0.228. The van der Waals surface area contributed by atoms with Gasteiger partial charge < -0.3 is 14.2 Å². The Bertz CT molecular complexity index is 1240. The number of fused-ring (bicyclic) bond motifs is 1. The molecule has 32 heavy (non-hydrogen) atoms. The molecule has 5 nitrogen and oxygen atoms in total. The zero-order valence-electron chi connectivity index (χ0n) is 16.8. The van der Waals surface area contributed by atoms with E-state index in [0.717, 1.165) is 22.3 Å². The second-order valence-corrected chi connectivity index (χ2v) is 8.51. The zero-order valence-corrected chi connectivity index (χ0v) is 17.6. The Balaban J connectivity index is 1.26. The van der Waals surface area contributed by atoms with Crippen LogP contribution >= 0.6 is 11.3 Å². The first-order valence-electron chi connectivity index (χ1n) is 10.1. The number of amides is 1. The topological polar surface area (TPSA) is 49.6 Å². The summed E-state index contributed by atoms with van der Waals surface area (Å²) in [5.74, 6) is 0.532. The van der Waals surface area contributed by atoms with E-state index in [4.69, 9.17) is 4.42 Å². The first-order chi connectivity index (χ1) is 15.4. The maximum atomic E-state index is 13.0. The van der Waals surface area contributed by atoms with Gasteiger partial charge in [-0.15, -0.1) is 11.3 Å². The van der Waals surface area contributed by atoms with Gasteiger partial charge in [0.25, 0.3) is 5.91 Å². The van der Waals surface area contributed by atoms with Crippen molar-refractivity contribution in [3.8, 4) is 10.8 Å². The second-order valence-electron chi connectivity index (χ2n) is 7.48. The SMILES string of the molecule is O=C(c1ccc(-c2nc3ccccc3s2)o1)N1CCN(c2cccc(C(F)(F)F)c2)CC1. The molecule has 5 rings (SSSR count). The number of aromatic nitrogens is 1. The van der Waals surface area contributed by atoms with Crippen LogP contribution in [0.3, 0.4) is 0 Å². The number of carbonyl (C=O) groups excluding carboxylic acids is 1. The summed E-state index contributed by atoms with van der Waals surface area (Å²) in [6, 6.07) is 16.4. The van der Waals surface area contributed by atoms with E-state index in [1.165, 1.54) is 17.4 Å². The van der Waals surface area contributed by atoms with Crippen molar-refractivity contribution in [1.29, 1.82) is 0 Å². The fraction of sp³-hybridized carbons (Fsp3) is 0.217. The van der Waals surface area contributed by atoms with Gasteiger partial charge in [0, 0.05) is 31.9 Å². The lowest BCUT2D eigenvalue weighted by atomic mass is 10.1. The summed E-state index contributed by atoms with van der Waals surface area (Å²) in [4.78, 5) is 21.0. The molecule has 0 atom stereocenters. The highest BCUT2D eigenvalue weighted by Gasteiger charge is 2.31. The molecule has 1 amide bonds. The van der Waals surface area contributed by atoms with Crippen molar-refractivity contribution >= 4 is 33.1 Å². The predicted molar refractivity (Wildman–Crippen MR) is 117 cm³/mol. The van der Waals surface area contributed by atoms with E-state index >= 15 is 0 Å². The molecular formula is C23H18F3N3O2S. The Morgan fingerprint density at radius 2 is 1.75 bits per heavy atom. The molecule has 0 N–H and O–H groups in total. The van der Waals surface area contributed by atoms with Gasteiger partial charge in [-0.3, -0.25) is 4.79 Å². The van der Waals surface area contributed by atoms with Gasteiger partial charge in [0.2, 0.25) is 0 Å². The molecule has 0 radical (unpaired) electrons. The molecule has 2 aromatic heterocycles. The molecule has 0 aliphatic carbocycles. The van der Waals surface area contributed by atoms with Crippen molar-refractivity contribution in [3.05, 3.63) is 72.0 Å². The summed E-state index contributed by atoms with van der Waals surface area (Å²) in [6.45, 7) is 1.68. The average Bonchev–Trinajstić information content (AvgIpc) is 3.45. The van der Waals surface area contributed by atoms with E-state index < -0.39 is 11.7 Å². The van der Waals surface area contributed by atoms with Crippen molar-refractivity contribution < 1.29 is 22.4 Å². The van der Waals surface area contributed by atoms with Crippen molar-refractivity contribution in [2.24, 2.45) is 0 Å². The number of benzene rings is 2. The maximum Gasteiger partial charge on any atom is 0.416 e. The van der Waals surface area contributed by atoms with Gasteiger partial charge in [-0.2, -0.15) is 13.2 Å².